The molecule has 3 heteroatoms. The van der Waals surface area contributed by atoms with Gasteiger partial charge in [-0.3, -0.25) is 4.79 Å². The van der Waals surface area contributed by atoms with Crippen molar-refractivity contribution in [3.8, 4) is 0 Å². The van der Waals surface area contributed by atoms with Gasteiger partial charge in [-0.25, -0.2) is 0 Å². The Morgan fingerprint density at radius 3 is 2.94 bits per heavy atom. The summed E-state index contributed by atoms with van der Waals surface area (Å²) in [6.45, 7) is 1.13. The molecular weight excluding hydrogens is 200 g/mol. The molecule has 0 radical (unpaired) electrons. The lowest BCUT2D eigenvalue weighted by atomic mass is 9.99. The van der Waals surface area contributed by atoms with Crippen molar-refractivity contribution < 1.29 is 4.79 Å². The Kier molecular flexibility index (Phi) is 3.57. The topological polar surface area (TPSA) is 55.1 Å². The highest BCUT2D eigenvalue weighted by atomic mass is 16.1. The van der Waals surface area contributed by atoms with Crippen LogP contribution in [-0.4, -0.2) is 18.5 Å². The van der Waals surface area contributed by atoms with Gasteiger partial charge in [0.05, 0.1) is 0 Å². The lowest BCUT2D eigenvalue weighted by molar-refractivity contribution is 0.0999. The van der Waals surface area contributed by atoms with Crippen LogP contribution < -0.4 is 11.1 Å². The van der Waals surface area contributed by atoms with Crippen LogP contribution in [0.5, 0.6) is 0 Å². The highest BCUT2D eigenvalue weighted by molar-refractivity contribution is 5.94. The summed E-state index contributed by atoms with van der Waals surface area (Å²) in [5.74, 6) is -0.324. The summed E-state index contributed by atoms with van der Waals surface area (Å²) in [6, 6.07) is 8.23. The number of hydrogen-bond donors (Lipinski definition) is 2. The van der Waals surface area contributed by atoms with Crippen molar-refractivity contribution in [1.82, 2.24) is 5.32 Å². The second kappa shape index (κ2) is 5.12. The molecule has 0 bridgehead atoms. The van der Waals surface area contributed by atoms with Gasteiger partial charge in [0.2, 0.25) is 5.91 Å². The van der Waals surface area contributed by atoms with E-state index in [1.807, 2.05) is 18.2 Å². The first-order valence-electron chi connectivity index (χ1n) is 5.88. The van der Waals surface area contributed by atoms with Gasteiger partial charge in [0.1, 0.15) is 0 Å². The van der Waals surface area contributed by atoms with E-state index in [1.165, 1.54) is 12.8 Å². The van der Waals surface area contributed by atoms with E-state index in [4.69, 9.17) is 5.73 Å². The summed E-state index contributed by atoms with van der Waals surface area (Å²) in [4.78, 5) is 11.2. The summed E-state index contributed by atoms with van der Waals surface area (Å²) in [5.41, 5.74) is 7.08. The van der Waals surface area contributed by atoms with E-state index in [0.717, 1.165) is 24.9 Å². The normalized spacial score (nSPS) is 19.9. The predicted molar refractivity (Wildman–Crippen MR) is 64.3 cm³/mol. The smallest absolute Gasteiger partial charge is 0.248 e. The van der Waals surface area contributed by atoms with Crippen LogP contribution in [0.2, 0.25) is 0 Å². The number of benzene rings is 1. The predicted octanol–water partition coefficient (Wildman–Crippen LogP) is 1.47. The minimum Gasteiger partial charge on any atom is -0.366 e. The van der Waals surface area contributed by atoms with Crippen LogP contribution >= 0.6 is 0 Å². The zero-order chi connectivity index (χ0) is 11.4. The molecule has 1 fully saturated rings. The highest BCUT2D eigenvalue weighted by Crippen LogP contribution is 2.15. The van der Waals surface area contributed by atoms with Crippen molar-refractivity contribution in [2.24, 2.45) is 5.73 Å². The molecule has 0 saturated carbocycles. The Morgan fingerprint density at radius 1 is 1.44 bits per heavy atom. The van der Waals surface area contributed by atoms with E-state index in [1.54, 1.807) is 6.07 Å². The fraction of sp³-hybridized carbons (Fsp3) is 0.462. The molecule has 1 unspecified atom stereocenters. The molecule has 1 aromatic rings. The lowest BCUT2D eigenvalue weighted by Gasteiger charge is -2.11. The first-order valence-corrected chi connectivity index (χ1v) is 5.88. The second-order valence-electron chi connectivity index (χ2n) is 4.35. The van der Waals surface area contributed by atoms with Crippen LogP contribution in [0.4, 0.5) is 0 Å². The van der Waals surface area contributed by atoms with Gasteiger partial charge in [-0.15, -0.1) is 0 Å². The minimum absolute atomic E-state index is 0.324. The molecule has 1 saturated heterocycles. The largest absolute Gasteiger partial charge is 0.366 e. The van der Waals surface area contributed by atoms with Crippen LogP contribution in [0.15, 0.2) is 24.3 Å². The van der Waals surface area contributed by atoms with E-state index < -0.39 is 0 Å². The van der Waals surface area contributed by atoms with Gasteiger partial charge in [-0.1, -0.05) is 18.2 Å². The average molecular weight is 218 g/mol. The molecule has 1 heterocycles. The fourth-order valence-electron chi connectivity index (χ4n) is 2.31. The summed E-state index contributed by atoms with van der Waals surface area (Å²) in [7, 11) is 0. The molecule has 0 spiro atoms. The quantitative estimate of drug-likeness (QED) is 0.804. The molecule has 16 heavy (non-hydrogen) atoms. The van der Waals surface area contributed by atoms with E-state index in [-0.39, 0.29) is 5.91 Å². The highest BCUT2D eigenvalue weighted by Gasteiger charge is 2.15. The first kappa shape index (κ1) is 11.1. The SMILES string of the molecule is NC(=O)c1ccccc1CCC1CCCN1. The number of carbonyl (C=O) groups excluding carboxylic acids is 1. The Labute approximate surface area is 96.0 Å². The van der Waals surface area contributed by atoms with E-state index >= 15 is 0 Å². The molecule has 1 atom stereocenters. The Bertz CT molecular complexity index is 370. The van der Waals surface area contributed by atoms with Gasteiger partial charge in [-0.05, 0) is 43.9 Å². The van der Waals surface area contributed by atoms with Crippen molar-refractivity contribution in [2.45, 2.75) is 31.7 Å². The Morgan fingerprint density at radius 2 is 2.25 bits per heavy atom. The van der Waals surface area contributed by atoms with Gasteiger partial charge >= 0.3 is 0 Å². The van der Waals surface area contributed by atoms with Crippen LogP contribution in [0.1, 0.15) is 35.2 Å². The standard InChI is InChI=1S/C13H18N2O/c14-13(16)12-6-2-1-4-10(12)7-8-11-5-3-9-15-11/h1-2,4,6,11,15H,3,5,7-9H2,(H2,14,16). The summed E-state index contributed by atoms with van der Waals surface area (Å²) in [6.07, 6.45) is 4.53. The number of primary amides is 1. The summed E-state index contributed by atoms with van der Waals surface area (Å²) < 4.78 is 0. The first-order chi connectivity index (χ1) is 7.77. The molecule has 2 rings (SSSR count). The number of nitrogens with one attached hydrogen (secondary N) is 1. The van der Waals surface area contributed by atoms with Crippen molar-refractivity contribution in [3.05, 3.63) is 35.4 Å². The van der Waals surface area contributed by atoms with Gasteiger partial charge in [-0.2, -0.15) is 0 Å². The molecule has 1 amide bonds. The summed E-state index contributed by atoms with van der Waals surface area (Å²) >= 11 is 0. The van der Waals surface area contributed by atoms with E-state index in [9.17, 15) is 4.79 Å². The molecule has 3 nitrogen and oxygen atoms in total. The van der Waals surface area contributed by atoms with Crippen LogP contribution in [-0.2, 0) is 6.42 Å². The van der Waals surface area contributed by atoms with Crippen LogP contribution in [0, 0.1) is 0 Å². The lowest BCUT2D eigenvalue weighted by Crippen LogP contribution is -2.22. The van der Waals surface area contributed by atoms with E-state index in [2.05, 4.69) is 5.32 Å². The molecule has 0 aromatic heterocycles. The van der Waals surface area contributed by atoms with E-state index in [0.29, 0.717) is 11.6 Å². The van der Waals surface area contributed by atoms with Crippen molar-refractivity contribution >= 4 is 5.91 Å². The van der Waals surface area contributed by atoms with Crippen LogP contribution in [0.25, 0.3) is 0 Å². The number of rotatable bonds is 4. The van der Waals surface area contributed by atoms with Crippen molar-refractivity contribution in [2.75, 3.05) is 6.54 Å². The maximum Gasteiger partial charge on any atom is 0.248 e. The molecule has 86 valence electrons. The molecule has 3 N–H and O–H groups in total. The van der Waals surface area contributed by atoms with Gasteiger partial charge in [0, 0.05) is 11.6 Å². The molecule has 1 aromatic carbocycles. The molecule has 1 aliphatic rings. The third-order valence-corrected chi connectivity index (χ3v) is 3.21. The zero-order valence-electron chi connectivity index (χ0n) is 9.41. The number of aryl methyl sites for hydroxylation is 1. The van der Waals surface area contributed by atoms with Crippen molar-refractivity contribution in [1.29, 1.82) is 0 Å². The molecular formula is C13H18N2O. The number of carbonyl (C=O) groups is 1. The monoisotopic (exact) mass is 218 g/mol. The Balaban J connectivity index is 2.00. The third-order valence-electron chi connectivity index (χ3n) is 3.21. The van der Waals surface area contributed by atoms with Gasteiger partial charge in [0.15, 0.2) is 0 Å². The number of nitrogens with two attached hydrogens (primary N) is 1. The van der Waals surface area contributed by atoms with Crippen molar-refractivity contribution in [3.63, 3.8) is 0 Å². The third kappa shape index (κ3) is 2.61. The Hall–Kier alpha value is -1.35. The number of amides is 1. The molecule has 0 aliphatic carbocycles. The van der Waals surface area contributed by atoms with Gasteiger partial charge in [0.25, 0.3) is 0 Å². The maximum atomic E-state index is 11.2. The zero-order valence-corrected chi connectivity index (χ0v) is 9.41. The summed E-state index contributed by atoms with van der Waals surface area (Å²) in [5, 5.41) is 3.46. The average Bonchev–Trinajstić information content (AvgIpc) is 2.79. The maximum absolute atomic E-state index is 11.2. The minimum atomic E-state index is -0.324. The number of hydrogen-bond acceptors (Lipinski definition) is 2. The van der Waals surface area contributed by atoms with Crippen LogP contribution in [0.3, 0.4) is 0 Å². The van der Waals surface area contributed by atoms with Gasteiger partial charge < -0.3 is 11.1 Å². The second-order valence-corrected chi connectivity index (χ2v) is 4.35. The molecule has 1 aliphatic heterocycles. The fourth-order valence-corrected chi connectivity index (χ4v) is 2.31.